The van der Waals surface area contributed by atoms with E-state index in [4.69, 9.17) is 0 Å². The second-order valence-electron chi connectivity index (χ2n) is 5.51. The molecular weight excluding hydrogens is 431 g/mol. The lowest BCUT2D eigenvalue weighted by Gasteiger charge is -2.10. The summed E-state index contributed by atoms with van der Waals surface area (Å²) in [5.41, 5.74) is 1.43. The maximum absolute atomic E-state index is 4.34. The van der Waals surface area contributed by atoms with Crippen molar-refractivity contribution in [3.63, 3.8) is 0 Å². The maximum atomic E-state index is 4.34. The Morgan fingerprint density at radius 1 is 1.12 bits per heavy atom. The Morgan fingerprint density at radius 3 is 2.58 bits per heavy atom. The molecule has 0 aliphatic carbocycles. The molecule has 1 heterocycles. The van der Waals surface area contributed by atoms with Gasteiger partial charge in [0.1, 0.15) is 5.01 Å². The number of aliphatic imine (C=N–C) groups is 1. The van der Waals surface area contributed by atoms with E-state index >= 15 is 0 Å². The smallest absolute Gasteiger partial charge is 0.191 e. The molecule has 0 unspecified atom stereocenters. The Balaban J connectivity index is 0.00000288. The van der Waals surface area contributed by atoms with Crippen molar-refractivity contribution >= 4 is 41.3 Å². The van der Waals surface area contributed by atoms with Gasteiger partial charge < -0.3 is 10.6 Å². The van der Waals surface area contributed by atoms with Crippen LogP contribution in [0.25, 0.3) is 0 Å². The fourth-order valence-corrected chi connectivity index (χ4v) is 3.07. The fourth-order valence-electron chi connectivity index (χ4n) is 2.35. The topological polar surface area (TPSA) is 49.3 Å². The average molecular weight is 458 g/mol. The molecule has 2 aromatic rings. The van der Waals surface area contributed by atoms with E-state index in [0.717, 1.165) is 36.9 Å². The number of thiazole rings is 1. The molecule has 0 radical (unpaired) electrons. The molecule has 6 heteroatoms. The van der Waals surface area contributed by atoms with Gasteiger partial charge >= 0.3 is 0 Å². The van der Waals surface area contributed by atoms with E-state index in [1.54, 1.807) is 18.4 Å². The SMILES string of the molecule is CN=C(NCCCCCc1ccccc1)NCc1ncc(C)s1.I. The highest BCUT2D eigenvalue weighted by molar-refractivity contribution is 14.0. The van der Waals surface area contributed by atoms with Gasteiger partial charge in [-0.15, -0.1) is 35.3 Å². The lowest BCUT2D eigenvalue weighted by molar-refractivity contribution is 0.655. The molecule has 0 aliphatic rings. The van der Waals surface area contributed by atoms with Gasteiger partial charge in [0.05, 0.1) is 6.54 Å². The second-order valence-corrected chi connectivity index (χ2v) is 6.83. The molecule has 0 saturated carbocycles. The van der Waals surface area contributed by atoms with Gasteiger partial charge in [-0.05, 0) is 31.7 Å². The molecule has 24 heavy (non-hydrogen) atoms. The van der Waals surface area contributed by atoms with Crippen LogP contribution in [0.3, 0.4) is 0 Å². The quantitative estimate of drug-likeness (QED) is 0.271. The van der Waals surface area contributed by atoms with Crippen molar-refractivity contribution in [2.75, 3.05) is 13.6 Å². The molecule has 2 N–H and O–H groups in total. The molecule has 1 aromatic carbocycles. The summed E-state index contributed by atoms with van der Waals surface area (Å²) in [5.74, 6) is 0.848. The summed E-state index contributed by atoms with van der Waals surface area (Å²) in [6, 6.07) is 10.7. The maximum Gasteiger partial charge on any atom is 0.191 e. The predicted molar refractivity (Wildman–Crippen MR) is 114 cm³/mol. The Hall–Kier alpha value is -1.15. The van der Waals surface area contributed by atoms with E-state index in [1.165, 1.54) is 23.3 Å². The van der Waals surface area contributed by atoms with Crippen LogP contribution < -0.4 is 10.6 Å². The van der Waals surface area contributed by atoms with Crippen molar-refractivity contribution in [3.05, 3.63) is 52.0 Å². The van der Waals surface area contributed by atoms with E-state index < -0.39 is 0 Å². The van der Waals surface area contributed by atoms with Crippen molar-refractivity contribution in [2.45, 2.75) is 39.2 Å². The number of aromatic nitrogens is 1. The van der Waals surface area contributed by atoms with Crippen LogP contribution in [0.4, 0.5) is 0 Å². The molecule has 0 aliphatic heterocycles. The van der Waals surface area contributed by atoms with E-state index in [0.29, 0.717) is 0 Å². The zero-order chi connectivity index (χ0) is 16.3. The Kier molecular flexibility index (Phi) is 10.7. The summed E-state index contributed by atoms with van der Waals surface area (Å²) in [5, 5.41) is 7.75. The summed E-state index contributed by atoms with van der Waals surface area (Å²) in [4.78, 5) is 9.83. The van der Waals surface area contributed by atoms with Gasteiger partial charge in [-0.25, -0.2) is 4.98 Å². The normalized spacial score (nSPS) is 11.0. The molecule has 1 aromatic heterocycles. The Morgan fingerprint density at radius 2 is 1.92 bits per heavy atom. The van der Waals surface area contributed by atoms with E-state index in [2.05, 4.69) is 57.9 Å². The summed E-state index contributed by atoms with van der Waals surface area (Å²) < 4.78 is 0. The lowest BCUT2D eigenvalue weighted by Crippen LogP contribution is -2.37. The molecule has 0 fully saturated rings. The molecular formula is C18H27IN4S. The van der Waals surface area contributed by atoms with Crippen LogP contribution >= 0.6 is 35.3 Å². The lowest BCUT2D eigenvalue weighted by atomic mass is 10.1. The summed E-state index contributed by atoms with van der Waals surface area (Å²) in [7, 11) is 1.80. The first-order valence-corrected chi connectivity index (χ1v) is 8.99. The minimum atomic E-state index is 0. The van der Waals surface area contributed by atoms with E-state index in [-0.39, 0.29) is 24.0 Å². The molecule has 0 bridgehead atoms. The van der Waals surface area contributed by atoms with Gasteiger partial charge in [0.15, 0.2) is 5.96 Å². The molecule has 0 spiro atoms. The van der Waals surface area contributed by atoms with Gasteiger partial charge in [-0.2, -0.15) is 0 Å². The van der Waals surface area contributed by atoms with Gasteiger partial charge in [-0.1, -0.05) is 36.8 Å². The third-order valence-electron chi connectivity index (χ3n) is 3.58. The fraction of sp³-hybridized carbons (Fsp3) is 0.444. The highest BCUT2D eigenvalue weighted by atomic mass is 127. The molecule has 0 atom stereocenters. The summed E-state index contributed by atoms with van der Waals surface area (Å²) in [6.45, 7) is 3.75. The van der Waals surface area contributed by atoms with Crippen LogP contribution in [0, 0.1) is 6.92 Å². The third kappa shape index (κ3) is 8.10. The number of halogens is 1. The van der Waals surface area contributed by atoms with Crippen molar-refractivity contribution < 1.29 is 0 Å². The Labute approximate surface area is 166 Å². The minimum Gasteiger partial charge on any atom is -0.356 e. The molecule has 4 nitrogen and oxygen atoms in total. The van der Waals surface area contributed by atoms with Crippen molar-refractivity contribution in [2.24, 2.45) is 4.99 Å². The second kappa shape index (κ2) is 12.2. The van der Waals surface area contributed by atoms with Gasteiger partial charge in [-0.3, -0.25) is 4.99 Å². The van der Waals surface area contributed by atoms with E-state index in [1.807, 2.05) is 6.20 Å². The number of rotatable bonds is 8. The van der Waals surface area contributed by atoms with Crippen LogP contribution in [0.1, 0.15) is 34.7 Å². The number of aryl methyl sites for hydroxylation is 2. The van der Waals surface area contributed by atoms with Crippen molar-refractivity contribution in [1.82, 2.24) is 15.6 Å². The van der Waals surface area contributed by atoms with E-state index in [9.17, 15) is 0 Å². The number of benzene rings is 1. The van der Waals surface area contributed by atoms with Crippen molar-refractivity contribution in [1.29, 1.82) is 0 Å². The number of hydrogen-bond donors (Lipinski definition) is 2. The first-order valence-electron chi connectivity index (χ1n) is 8.17. The molecule has 2 rings (SSSR count). The number of nitrogens with zero attached hydrogens (tertiary/aromatic N) is 2. The van der Waals surface area contributed by atoms with Crippen molar-refractivity contribution in [3.8, 4) is 0 Å². The molecule has 0 saturated heterocycles. The monoisotopic (exact) mass is 458 g/mol. The molecule has 132 valence electrons. The number of hydrogen-bond acceptors (Lipinski definition) is 3. The van der Waals surface area contributed by atoms with Crippen LogP contribution in [0.2, 0.25) is 0 Å². The number of guanidine groups is 1. The van der Waals surface area contributed by atoms with Gasteiger partial charge in [0.25, 0.3) is 0 Å². The van der Waals surface area contributed by atoms with Crippen LogP contribution in [0.5, 0.6) is 0 Å². The first-order chi connectivity index (χ1) is 11.3. The predicted octanol–water partition coefficient (Wildman–Crippen LogP) is 4.15. The third-order valence-corrected chi connectivity index (χ3v) is 4.49. The minimum absolute atomic E-state index is 0. The van der Waals surface area contributed by atoms with Gasteiger partial charge in [0.2, 0.25) is 0 Å². The largest absolute Gasteiger partial charge is 0.356 e. The highest BCUT2D eigenvalue weighted by Gasteiger charge is 2.01. The number of unbranched alkanes of at least 4 members (excludes halogenated alkanes) is 2. The zero-order valence-electron chi connectivity index (χ0n) is 14.4. The summed E-state index contributed by atoms with van der Waals surface area (Å²) >= 11 is 1.72. The molecule has 0 amide bonds. The summed E-state index contributed by atoms with van der Waals surface area (Å²) in [6.07, 6.45) is 6.69. The highest BCUT2D eigenvalue weighted by Crippen LogP contribution is 2.10. The first kappa shape index (κ1) is 20.9. The Bertz CT molecular complexity index is 598. The van der Waals surface area contributed by atoms with Crippen LogP contribution in [-0.4, -0.2) is 24.5 Å². The average Bonchev–Trinajstić information content (AvgIpc) is 3.00. The zero-order valence-corrected chi connectivity index (χ0v) is 17.6. The van der Waals surface area contributed by atoms with Gasteiger partial charge in [0, 0.05) is 24.7 Å². The van der Waals surface area contributed by atoms with Crippen LogP contribution in [0.15, 0.2) is 41.5 Å². The van der Waals surface area contributed by atoms with Crippen LogP contribution in [-0.2, 0) is 13.0 Å². The standard InChI is InChI=1S/C18H26N4S.HI/c1-15-13-21-17(23-15)14-22-18(19-2)20-12-8-4-7-11-16-9-5-3-6-10-16;/h3,5-6,9-10,13H,4,7-8,11-12,14H2,1-2H3,(H2,19,20,22);1H. The number of nitrogens with one attached hydrogen (secondary N) is 2.